The normalized spacial score (nSPS) is 12.8. The molecule has 0 spiro atoms. The molecular formula is C13H17N3O3S. The molecule has 0 saturated carbocycles. The van der Waals surface area contributed by atoms with Crippen LogP contribution in [0.2, 0.25) is 0 Å². The minimum atomic E-state index is -3.38. The highest BCUT2D eigenvalue weighted by atomic mass is 32.2. The van der Waals surface area contributed by atoms with Crippen molar-refractivity contribution in [3.63, 3.8) is 0 Å². The fourth-order valence-corrected chi connectivity index (χ4v) is 2.63. The Labute approximate surface area is 117 Å². The van der Waals surface area contributed by atoms with Crippen molar-refractivity contribution in [3.8, 4) is 0 Å². The Morgan fingerprint density at radius 3 is 2.85 bits per heavy atom. The van der Waals surface area contributed by atoms with Gasteiger partial charge >= 0.3 is 0 Å². The minimum Gasteiger partial charge on any atom is -0.435 e. The van der Waals surface area contributed by atoms with Crippen LogP contribution in [0.25, 0.3) is 11.1 Å². The molecule has 0 atom stereocenters. The van der Waals surface area contributed by atoms with E-state index in [9.17, 15) is 8.42 Å². The van der Waals surface area contributed by atoms with Crippen molar-refractivity contribution < 1.29 is 12.8 Å². The first-order chi connectivity index (χ1) is 9.52. The van der Waals surface area contributed by atoms with Crippen LogP contribution in [0.1, 0.15) is 32.6 Å². The molecule has 0 amide bonds. The van der Waals surface area contributed by atoms with E-state index in [1.54, 1.807) is 13.0 Å². The third-order valence-electron chi connectivity index (χ3n) is 2.72. The van der Waals surface area contributed by atoms with E-state index in [1.165, 1.54) is 0 Å². The monoisotopic (exact) mass is 295 g/mol. The van der Waals surface area contributed by atoms with Crippen LogP contribution in [-0.4, -0.2) is 24.9 Å². The number of aromatic nitrogens is 1. The topological polar surface area (TPSA) is 84.6 Å². The Morgan fingerprint density at radius 2 is 2.15 bits per heavy atom. The molecule has 7 heteroatoms. The van der Waals surface area contributed by atoms with E-state index in [0.717, 1.165) is 6.42 Å². The zero-order valence-corrected chi connectivity index (χ0v) is 12.3. The number of para-hydroxylation sites is 2. The maximum Gasteiger partial charge on any atom is 0.247 e. The summed E-state index contributed by atoms with van der Waals surface area (Å²) in [6.45, 7) is 3.58. The molecule has 0 radical (unpaired) electrons. The van der Waals surface area contributed by atoms with Crippen LogP contribution >= 0.6 is 0 Å². The predicted molar refractivity (Wildman–Crippen MR) is 78.1 cm³/mol. The summed E-state index contributed by atoms with van der Waals surface area (Å²) in [7, 11) is -3.38. The second kappa shape index (κ2) is 6.04. The van der Waals surface area contributed by atoms with Gasteiger partial charge in [0, 0.05) is 0 Å². The Balaban J connectivity index is 2.14. The summed E-state index contributed by atoms with van der Waals surface area (Å²) in [4.78, 5) is 6.44. The Hall–Kier alpha value is -1.89. The highest BCUT2D eigenvalue weighted by molar-refractivity contribution is 7.89. The lowest BCUT2D eigenvalue weighted by Crippen LogP contribution is -2.22. The number of nitrogens with zero attached hydrogens (tertiary/aromatic N) is 2. The van der Waals surface area contributed by atoms with E-state index in [4.69, 9.17) is 4.42 Å². The summed E-state index contributed by atoms with van der Waals surface area (Å²) in [5.74, 6) is 0.373. The molecular weight excluding hydrogens is 278 g/mol. The maximum absolute atomic E-state index is 11.6. The number of hydrogen-bond acceptors (Lipinski definition) is 5. The Morgan fingerprint density at radius 1 is 1.40 bits per heavy atom. The first-order valence-electron chi connectivity index (χ1n) is 6.41. The number of unbranched alkanes of at least 4 members (excludes halogenated alkanes) is 1. The van der Waals surface area contributed by atoms with Gasteiger partial charge < -0.3 is 4.42 Å². The smallest absolute Gasteiger partial charge is 0.247 e. The van der Waals surface area contributed by atoms with Crippen LogP contribution < -0.4 is 4.83 Å². The summed E-state index contributed by atoms with van der Waals surface area (Å²) in [5, 5.41) is 3.84. The second-order valence-corrected chi connectivity index (χ2v) is 6.27. The van der Waals surface area contributed by atoms with Gasteiger partial charge in [0.1, 0.15) is 11.2 Å². The van der Waals surface area contributed by atoms with Gasteiger partial charge in [0.2, 0.25) is 15.9 Å². The summed E-state index contributed by atoms with van der Waals surface area (Å²) in [6.07, 6.45) is 1.42. The number of benzene rings is 1. The number of fused-ring (bicyclic) bond motifs is 1. The van der Waals surface area contributed by atoms with Crippen molar-refractivity contribution >= 4 is 26.8 Å². The zero-order valence-electron chi connectivity index (χ0n) is 11.5. The molecule has 0 aliphatic carbocycles. The average Bonchev–Trinajstić information content (AvgIpc) is 2.86. The van der Waals surface area contributed by atoms with Crippen molar-refractivity contribution in [2.75, 3.05) is 5.75 Å². The average molecular weight is 295 g/mol. The van der Waals surface area contributed by atoms with Gasteiger partial charge in [-0.05, 0) is 25.5 Å². The molecule has 0 saturated heterocycles. The zero-order chi connectivity index (χ0) is 14.6. The standard InChI is InChI=1S/C13H17N3O3S/c1-3-4-9-20(17,18)16-15-10(2)13-14-11-7-5-6-8-12(11)19-13/h5-8,16H,3-4,9H2,1-2H3/b15-10+. The SMILES string of the molecule is CCCCS(=O)(=O)N/N=C(\C)c1nc2ccccc2o1. The van der Waals surface area contributed by atoms with Gasteiger partial charge in [-0.15, -0.1) is 0 Å². The van der Waals surface area contributed by atoms with Crippen LogP contribution in [-0.2, 0) is 10.0 Å². The molecule has 1 N–H and O–H groups in total. The van der Waals surface area contributed by atoms with E-state index >= 15 is 0 Å². The predicted octanol–water partition coefficient (Wildman–Crippen LogP) is 2.27. The minimum absolute atomic E-state index is 0.0633. The number of nitrogens with one attached hydrogen (secondary N) is 1. The van der Waals surface area contributed by atoms with Crippen LogP contribution in [0.4, 0.5) is 0 Å². The number of sulfonamides is 1. The van der Waals surface area contributed by atoms with Gasteiger partial charge in [-0.1, -0.05) is 25.5 Å². The summed E-state index contributed by atoms with van der Waals surface area (Å²) >= 11 is 0. The quantitative estimate of drug-likeness (QED) is 0.654. The van der Waals surface area contributed by atoms with E-state index in [-0.39, 0.29) is 5.75 Å². The summed E-state index contributed by atoms with van der Waals surface area (Å²) in [5.41, 5.74) is 1.75. The van der Waals surface area contributed by atoms with Gasteiger partial charge in [-0.3, -0.25) is 0 Å². The fourth-order valence-electron chi connectivity index (χ4n) is 1.59. The van der Waals surface area contributed by atoms with Gasteiger partial charge in [-0.2, -0.15) is 5.10 Å². The number of hydrogen-bond donors (Lipinski definition) is 1. The van der Waals surface area contributed by atoms with Crippen LogP contribution in [0.3, 0.4) is 0 Å². The van der Waals surface area contributed by atoms with Gasteiger partial charge in [0.15, 0.2) is 5.58 Å². The van der Waals surface area contributed by atoms with Gasteiger partial charge in [0.05, 0.1) is 5.75 Å². The van der Waals surface area contributed by atoms with Crippen molar-refractivity contribution in [1.82, 2.24) is 9.82 Å². The highest BCUT2D eigenvalue weighted by Gasteiger charge is 2.11. The molecule has 6 nitrogen and oxygen atoms in total. The summed E-state index contributed by atoms with van der Waals surface area (Å²) in [6, 6.07) is 7.32. The molecule has 0 aliphatic rings. The van der Waals surface area contributed by atoms with Crippen LogP contribution in [0.15, 0.2) is 33.8 Å². The number of oxazole rings is 1. The lowest BCUT2D eigenvalue weighted by atomic mass is 10.3. The second-order valence-electron chi connectivity index (χ2n) is 4.45. The Kier molecular flexibility index (Phi) is 4.39. The van der Waals surface area contributed by atoms with Crippen LogP contribution in [0.5, 0.6) is 0 Å². The first-order valence-corrected chi connectivity index (χ1v) is 8.07. The molecule has 0 fully saturated rings. The lowest BCUT2D eigenvalue weighted by molar-refractivity contribution is 0.578. The molecule has 0 unspecified atom stereocenters. The molecule has 0 aliphatic heterocycles. The first kappa shape index (κ1) is 14.5. The largest absolute Gasteiger partial charge is 0.435 e. The molecule has 1 aromatic carbocycles. The van der Waals surface area contributed by atoms with Crippen LogP contribution in [0, 0.1) is 0 Å². The van der Waals surface area contributed by atoms with E-state index in [1.807, 2.05) is 25.1 Å². The van der Waals surface area contributed by atoms with Gasteiger partial charge in [-0.25, -0.2) is 18.2 Å². The molecule has 0 bridgehead atoms. The summed E-state index contributed by atoms with van der Waals surface area (Å²) < 4.78 is 28.8. The molecule has 2 aromatic rings. The maximum atomic E-state index is 11.6. The van der Waals surface area contributed by atoms with Crippen molar-refractivity contribution in [3.05, 3.63) is 30.2 Å². The molecule has 2 rings (SSSR count). The van der Waals surface area contributed by atoms with Gasteiger partial charge in [0.25, 0.3) is 0 Å². The van der Waals surface area contributed by atoms with Crippen molar-refractivity contribution in [2.45, 2.75) is 26.7 Å². The third-order valence-corrected chi connectivity index (χ3v) is 3.92. The fraction of sp³-hybridized carbons (Fsp3) is 0.385. The molecule has 1 aromatic heterocycles. The molecule has 20 heavy (non-hydrogen) atoms. The van der Waals surface area contributed by atoms with Crippen molar-refractivity contribution in [2.24, 2.45) is 5.10 Å². The van der Waals surface area contributed by atoms with Crippen molar-refractivity contribution in [1.29, 1.82) is 0 Å². The molecule has 1 heterocycles. The van der Waals surface area contributed by atoms with E-state index < -0.39 is 10.0 Å². The number of hydrazone groups is 1. The van der Waals surface area contributed by atoms with E-state index in [0.29, 0.717) is 29.1 Å². The van der Waals surface area contributed by atoms with E-state index in [2.05, 4.69) is 14.9 Å². The number of rotatable bonds is 6. The lowest BCUT2D eigenvalue weighted by Gasteiger charge is -2.02. The highest BCUT2D eigenvalue weighted by Crippen LogP contribution is 2.15. The molecule has 108 valence electrons. The Bertz CT molecular complexity index is 686. The third kappa shape index (κ3) is 3.57.